The number of nitrogens with zero attached hydrogens (tertiary/aromatic N) is 1. The number of benzene rings is 3. The van der Waals surface area contributed by atoms with Crippen LogP contribution >= 0.6 is 8.53 Å². The summed E-state index contributed by atoms with van der Waals surface area (Å²) in [4.78, 5) is 13.1. The summed E-state index contributed by atoms with van der Waals surface area (Å²) < 4.78 is 13.7. The Morgan fingerprint density at radius 3 is 2.48 bits per heavy atom. The van der Waals surface area contributed by atoms with Crippen molar-refractivity contribution in [1.82, 2.24) is 0 Å². The average Bonchev–Trinajstić information content (AvgIpc) is 2.63. The van der Waals surface area contributed by atoms with Gasteiger partial charge in [0, 0.05) is 0 Å². The second-order valence-electron chi connectivity index (χ2n) is 5.69. The molecule has 0 spiro atoms. The predicted molar refractivity (Wildman–Crippen MR) is 99.0 cm³/mol. The largest absolute Gasteiger partial charge is 0.424 e. The van der Waals surface area contributed by atoms with Gasteiger partial charge in [-0.2, -0.15) is 0 Å². The summed E-state index contributed by atoms with van der Waals surface area (Å²) in [6.07, 6.45) is 0. The van der Waals surface area contributed by atoms with Gasteiger partial charge in [-0.05, 0) is 48.9 Å². The molecule has 0 fully saturated rings. The molecule has 1 aliphatic rings. The van der Waals surface area contributed by atoms with Crippen LogP contribution in [-0.2, 0) is 0 Å². The summed E-state index contributed by atoms with van der Waals surface area (Å²) in [5, 5.41) is 0. The highest BCUT2D eigenvalue weighted by Crippen LogP contribution is 2.51. The van der Waals surface area contributed by atoms with Crippen molar-refractivity contribution in [3.63, 3.8) is 0 Å². The Hall–Kier alpha value is -2.84. The van der Waals surface area contributed by atoms with E-state index in [0.29, 0.717) is 17.1 Å². The average molecular weight is 349 g/mol. The third kappa shape index (κ3) is 3.09. The minimum atomic E-state index is -1.64. The van der Waals surface area contributed by atoms with Crippen molar-refractivity contribution >= 4 is 20.1 Å². The quantitative estimate of drug-likeness (QED) is 0.599. The summed E-state index contributed by atoms with van der Waals surface area (Å²) in [6, 6.07) is 24.4. The van der Waals surface area contributed by atoms with E-state index in [1.165, 1.54) is 0 Å². The summed E-state index contributed by atoms with van der Waals surface area (Å²) in [5.74, 6) is 1.12. The number of aryl methyl sites for hydroxylation is 1. The maximum atomic E-state index is 13.1. The maximum absolute atomic E-state index is 13.1. The van der Waals surface area contributed by atoms with Gasteiger partial charge in [0.05, 0.1) is 11.3 Å². The van der Waals surface area contributed by atoms with Crippen molar-refractivity contribution < 1.29 is 13.8 Å². The zero-order valence-electron chi connectivity index (χ0n) is 13.6. The highest BCUT2D eigenvalue weighted by Gasteiger charge is 2.38. The minimum absolute atomic E-state index is 0.119. The Labute approximate surface area is 147 Å². The lowest BCUT2D eigenvalue weighted by atomic mass is 10.2. The Balaban J connectivity index is 1.75. The van der Waals surface area contributed by atoms with E-state index in [1.54, 1.807) is 16.8 Å². The van der Waals surface area contributed by atoms with Crippen molar-refractivity contribution in [2.24, 2.45) is 0 Å². The van der Waals surface area contributed by atoms with Crippen LogP contribution in [0.5, 0.6) is 11.5 Å². The first-order valence-electron chi connectivity index (χ1n) is 7.93. The van der Waals surface area contributed by atoms with Gasteiger partial charge in [0.15, 0.2) is 0 Å². The van der Waals surface area contributed by atoms with Crippen molar-refractivity contribution in [2.75, 3.05) is 4.67 Å². The molecular formula is C20H16NO3P. The molecule has 0 N–H and O–H groups in total. The molecule has 124 valence electrons. The van der Waals surface area contributed by atoms with E-state index in [0.717, 1.165) is 11.3 Å². The van der Waals surface area contributed by atoms with Gasteiger partial charge in [0.1, 0.15) is 11.5 Å². The lowest BCUT2D eigenvalue weighted by Gasteiger charge is -2.33. The van der Waals surface area contributed by atoms with Crippen molar-refractivity contribution in [3.8, 4) is 11.5 Å². The number of hydrogen-bond acceptors (Lipinski definition) is 3. The van der Waals surface area contributed by atoms with Crippen LogP contribution < -0.4 is 13.7 Å². The van der Waals surface area contributed by atoms with Gasteiger partial charge in [0.2, 0.25) is 0 Å². The number of hydrogen-bond donors (Lipinski definition) is 0. The molecule has 0 saturated carbocycles. The van der Waals surface area contributed by atoms with Crippen LogP contribution in [0.1, 0.15) is 15.9 Å². The molecule has 0 bridgehead atoms. The van der Waals surface area contributed by atoms with E-state index in [2.05, 4.69) is 0 Å². The number of para-hydroxylation sites is 2. The topological polar surface area (TPSA) is 38.8 Å². The first-order valence-corrected chi connectivity index (χ1v) is 9.06. The first-order chi connectivity index (χ1) is 12.2. The van der Waals surface area contributed by atoms with Crippen LogP contribution in [0.15, 0.2) is 78.9 Å². The highest BCUT2D eigenvalue weighted by atomic mass is 31.2. The van der Waals surface area contributed by atoms with E-state index < -0.39 is 8.53 Å². The fraction of sp³-hybridized carbons (Fsp3) is 0.0500. The SMILES string of the molecule is Cc1cccc(OP2Oc3ccccc3C(=O)N2c2ccccc2)c1. The Morgan fingerprint density at radius 1 is 0.920 bits per heavy atom. The standard InChI is InChI=1S/C20H16NO3P/c1-15-8-7-11-17(14-15)23-25-21(16-9-3-2-4-10-16)20(22)18-12-5-6-13-19(18)24-25/h2-14H,1H3. The van der Waals surface area contributed by atoms with Crippen LogP contribution in [0.25, 0.3) is 0 Å². The molecule has 0 saturated heterocycles. The van der Waals surface area contributed by atoms with Gasteiger partial charge in [-0.15, -0.1) is 0 Å². The number of amides is 1. The van der Waals surface area contributed by atoms with Crippen LogP contribution in [0.2, 0.25) is 0 Å². The van der Waals surface area contributed by atoms with Crippen molar-refractivity contribution in [3.05, 3.63) is 90.0 Å². The van der Waals surface area contributed by atoms with Gasteiger partial charge >= 0.3 is 8.53 Å². The van der Waals surface area contributed by atoms with Gasteiger partial charge in [-0.25, -0.2) is 4.67 Å². The molecule has 5 heteroatoms. The molecule has 25 heavy (non-hydrogen) atoms. The fourth-order valence-corrected chi connectivity index (χ4v) is 4.04. The number of carbonyl (C=O) groups excluding carboxylic acids is 1. The van der Waals surface area contributed by atoms with E-state index >= 15 is 0 Å². The molecule has 1 aliphatic heterocycles. The van der Waals surface area contributed by atoms with Crippen LogP contribution in [-0.4, -0.2) is 5.91 Å². The zero-order valence-corrected chi connectivity index (χ0v) is 14.5. The highest BCUT2D eigenvalue weighted by molar-refractivity contribution is 7.51. The van der Waals surface area contributed by atoms with Gasteiger partial charge in [-0.3, -0.25) is 4.79 Å². The summed E-state index contributed by atoms with van der Waals surface area (Å²) in [7, 11) is -1.64. The zero-order chi connectivity index (χ0) is 17.2. The molecular weight excluding hydrogens is 333 g/mol. The molecule has 4 rings (SSSR count). The first kappa shape index (κ1) is 15.7. The van der Waals surface area contributed by atoms with E-state index in [4.69, 9.17) is 9.05 Å². The molecule has 3 aromatic carbocycles. The van der Waals surface area contributed by atoms with Crippen molar-refractivity contribution in [2.45, 2.75) is 6.92 Å². The normalized spacial score (nSPS) is 16.1. The smallest absolute Gasteiger partial charge is 0.422 e. The molecule has 3 aromatic rings. The molecule has 1 unspecified atom stereocenters. The molecule has 4 nitrogen and oxygen atoms in total. The molecule has 1 heterocycles. The lowest BCUT2D eigenvalue weighted by molar-refractivity contribution is 0.0995. The predicted octanol–water partition coefficient (Wildman–Crippen LogP) is 5.34. The Morgan fingerprint density at radius 2 is 1.68 bits per heavy atom. The van der Waals surface area contributed by atoms with E-state index in [9.17, 15) is 4.79 Å². The second-order valence-corrected chi connectivity index (χ2v) is 6.93. The van der Waals surface area contributed by atoms with Gasteiger partial charge in [-0.1, -0.05) is 42.5 Å². The second kappa shape index (κ2) is 6.58. The Bertz CT molecular complexity index is 914. The van der Waals surface area contributed by atoms with Crippen molar-refractivity contribution in [1.29, 1.82) is 0 Å². The molecule has 0 aromatic heterocycles. The summed E-state index contributed by atoms with van der Waals surface area (Å²) in [6.45, 7) is 2.00. The molecule has 1 amide bonds. The summed E-state index contributed by atoms with van der Waals surface area (Å²) in [5.41, 5.74) is 2.38. The van der Waals surface area contributed by atoms with Crippen LogP contribution in [0.3, 0.4) is 0 Å². The fourth-order valence-electron chi connectivity index (χ4n) is 2.64. The van der Waals surface area contributed by atoms with Crippen LogP contribution in [0.4, 0.5) is 5.69 Å². The van der Waals surface area contributed by atoms with Gasteiger partial charge < -0.3 is 9.05 Å². The van der Waals surface area contributed by atoms with Gasteiger partial charge in [0.25, 0.3) is 5.91 Å². The maximum Gasteiger partial charge on any atom is 0.424 e. The molecule has 1 atom stereocenters. The molecule has 0 radical (unpaired) electrons. The number of anilines is 1. The molecule has 0 aliphatic carbocycles. The Kier molecular flexibility index (Phi) is 4.12. The third-order valence-electron chi connectivity index (χ3n) is 3.82. The van der Waals surface area contributed by atoms with Crippen LogP contribution in [0, 0.1) is 6.92 Å². The third-order valence-corrected chi connectivity index (χ3v) is 5.28. The van der Waals surface area contributed by atoms with E-state index in [1.807, 2.05) is 73.7 Å². The monoisotopic (exact) mass is 349 g/mol. The van der Waals surface area contributed by atoms with E-state index in [-0.39, 0.29) is 5.91 Å². The summed E-state index contributed by atoms with van der Waals surface area (Å²) >= 11 is 0. The number of fused-ring (bicyclic) bond motifs is 1. The number of rotatable bonds is 3. The minimum Gasteiger partial charge on any atom is -0.422 e. The number of carbonyl (C=O) groups is 1. The lowest BCUT2D eigenvalue weighted by Crippen LogP contribution is -2.33.